The molecule has 0 aromatic carbocycles. The number of anilines is 2. The van der Waals surface area contributed by atoms with Gasteiger partial charge >= 0.3 is 0 Å². The number of ether oxygens (including phenoxy) is 1. The SMILES string of the molecule is CCNc1cc(NC2CC(OCC)C2(C)C)ccn1. The molecule has 2 unspecified atom stereocenters. The van der Waals surface area contributed by atoms with Crippen molar-refractivity contribution in [3.05, 3.63) is 18.3 Å². The molecular weight excluding hydrogens is 238 g/mol. The third kappa shape index (κ3) is 3.00. The summed E-state index contributed by atoms with van der Waals surface area (Å²) in [5.74, 6) is 0.922. The van der Waals surface area contributed by atoms with Crippen LogP contribution in [0.4, 0.5) is 11.5 Å². The van der Waals surface area contributed by atoms with Crippen LogP contribution in [0, 0.1) is 5.41 Å². The van der Waals surface area contributed by atoms with Crippen molar-refractivity contribution in [1.29, 1.82) is 0 Å². The van der Waals surface area contributed by atoms with Crippen LogP contribution in [0.25, 0.3) is 0 Å². The maximum atomic E-state index is 5.76. The maximum Gasteiger partial charge on any atom is 0.127 e. The van der Waals surface area contributed by atoms with Crippen molar-refractivity contribution in [1.82, 2.24) is 4.98 Å². The molecule has 4 heteroatoms. The monoisotopic (exact) mass is 263 g/mol. The molecule has 1 aliphatic carbocycles. The van der Waals surface area contributed by atoms with Crippen molar-refractivity contribution < 1.29 is 4.74 Å². The lowest BCUT2D eigenvalue weighted by Crippen LogP contribution is -2.58. The molecule has 0 radical (unpaired) electrons. The van der Waals surface area contributed by atoms with Gasteiger partial charge in [-0.3, -0.25) is 0 Å². The van der Waals surface area contributed by atoms with Gasteiger partial charge in [-0.25, -0.2) is 4.98 Å². The molecule has 0 saturated heterocycles. The van der Waals surface area contributed by atoms with Crippen LogP contribution in [0.1, 0.15) is 34.1 Å². The molecule has 1 heterocycles. The number of aromatic nitrogens is 1. The molecule has 19 heavy (non-hydrogen) atoms. The van der Waals surface area contributed by atoms with Crippen LogP contribution in [0.5, 0.6) is 0 Å². The molecule has 0 bridgehead atoms. The van der Waals surface area contributed by atoms with E-state index in [1.54, 1.807) is 0 Å². The van der Waals surface area contributed by atoms with Gasteiger partial charge in [0.2, 0.25) is 0 Å². The first kappa shape index (κ1) is 14.1. The van der Waals surface area contributed by atoms with E-state index < -0.39 is 0 Å². The van der Waals surface area contributed by atoms with Crippen LogP contribution in [0.15, 0.2) is 18.3 Å². The normalized spacial score (nSPS) is 24.6. The fourth-order valence-electron chi connectivity index (χ4n) is 2.61. The van der Waals surface area contributed by atoms with Crippen molar-refractivity contribution in [2.75, 3.05) is 23.8 Å². The van der Waals surface area contributed by atoms with E-state index in [0.29, 0.717) is 12.1 Å². The average Bonchev–Trinajstić information content (AvgIpc) is 2.38. The summed E-state index contributed by atoms with van der Waals surface area (Å²) in [5, 5.41) is 6.83. The Hall–Kier alpha value is -1.29. The zero-order valence-corrected chi connectivity index (χ0v) is 12.4. The third-order valence-corrected chi connectivity index (χ3v) is 4.00. The third-order valence-electron chi connectivity index (χ3n) is 4.00. The zero-order valence-electron chi connectivity index (χ0n) is 12.4. The minimum Gasteiger partial charge on any atom is -0.381 e. The van der Waals surface area contributed by atoms with Gasteiger partial charge in [0.1, 0.15) is 5.82 Å². The van der Waals surface area contributed by atoms with Gasteiger partial charge < -0.3 is 15.4 Å². The Morgan fingerprint density at radius 2 is 2.21 bits per heavy atom. The molecule has 0 aliphatic heterocycles. The summed E-state index contributed by atoms with van der Waals surface area (Å²) in [6.07, 6.45) is 3.27. The molecule has 0 amide bonds. The molecule has 2 rings (SSSR count). The van der Waals surface area contributed by atoms with Crippen LogP contribution in [0.2, 0.25) is 0 Å². The summed E-state index contributed by atoms with van der Waals surface area (Å²) in [4.78, 5) is 4.29. The predicted molar refractivity (Wildman–Crippen MR) is 79.6 cm³/mol. The van der Waals surface area contributed by atoms with E-state index in [9.17, 15) is 0 Å². The van der Waals surface area contributed by atoms with Gasteiger partial charge in [-0.05, 0) is 26.3 Å². The van der Waals surface area contributed by atoms with Gasteiger partial charge in [-0.15, -0.1) is 0 Å². The first-order valence-electron chi connectivity index (χ1n) is 7.16. The Balaban J connectivity index is 1.97. The largest absolute Gasteiger partial charge is 0.381 e. The highest BCUT2D eigenvalue weighted by Gasteiger charge is 2.48. The molecule has 1 aromatic rings. The molecule has 1 aliphatic rings. The second-order valence-electron chi connectivity index (χ2n) is 5.66. The van der Waals surface area contributed by atoms with Gasteiger partial charge in [0.25, 0.3) is 0 Å². The Kier molecular flexibility index (Phi) is 4.30. The number of nitrogens with zero attached hydrogens (tertiary/aromatic N) is 1. The molecular formula is C15H25N3O. The molecule has 1 fully saturated rings. The molecule has 106 valence electrons. The number of rotatable bonds is 6. The summed E-state index contributed by atoms with van der Waals surface area (Å²) in [6.45, 7) is 10.3. The van der Waals surface area contributed by atoms with Gasteiger partial charge in [0.15, 0.2) is 0 Å². The first-order valence-corrected chi connectivity index (χ1v) is 7.16. The van der Waals surface area contributed by atoms with E-state index >= 15 is 0 Å². The topological polar surface area (TPSA) is 46.2 Å². The summed E-state index contributed by atoms with van der Waals surface area (Å²) in [6, 6.07) is 4.54. The highest BCUT2D eigenvalue weighted by Crippen LogP contribution is 2.44. The second-order valence-corrected chi connectivity index (χ2v) is 5.66. The quantitative estimate of drug-likeness (QED) is 0.827. The lowest BCUT2D eigenvalue weighted by molar-refractivity contribution is -0.0975. The zero-order chi connectivity index (χ0) is 13.9. The lowest BCUT2D eigenvalue weighted by atomic mass is 9.64. The molecule has 2 atom stereocenters. The van der Waals surface area contributed by atoms with Crippen LogP contribution in [-0.4, -0.2) is 30.3 Å². The first-order chi connectivity index (χ1) is 9.07. The minimum atomic E-state index is 0.178. The molecule has 4 nitrogen and oxygen atoms in total. The van der Waals surface area contributed by atoms with Crippen molar-refractivity contribution >= 4 is 11.5 Å². The van der Waals surface area contributed by atoms with Gasteiger partial charge in [-0.1, -0.05) is 13.8 Å². The van der Waals surface area contributed by atoms with E-state index in [1.807, 2.05) is 12.3 Å². The number of hydrogen-bond donors (Lipinski definition) is 2. The standard InChI is InChI=1S/C15H25N3O/c1-5-16-14-9-11(7-8-17-14)18-12-10-13(19-6-2)15(12,3)4/h7-9,12-13H,5-6,10H2,1-4H3,(H2,16,17,18). The van der Waals surface area contributed by atoms with Crippen molar-refractivity contribution in [2.24, 2.45) is 5.41 Å². The molecule has 1 saturated carbocycles. The van der Waals surface area contributed by atoms with Crippen LogP contribution in [-0.2, 0) is 4.74 Å². The van der Waals surface area contributed by atoms with E-state index in [4.69, 9.17) is 4.74 Å². The van der Waals surface area contributed by atoms with E-state index in [-0.39, 0.29) is 5.41 Å². The Morgan fingerprint density at radius 1 is 1.42 bits per heavy atom. The van der Waals surface area contributed by atoms with E-state index in [2.05, 4.69) is 49.4 Å². The number of nitrogens with one attached hydrogen (secondary N) is 2. The van der Waals surface area contributed by atoms with Gasteiger partial charge in [0, 0.05) is 42.6 Å². The van der Waals surface area contributed by atoms with Crippen LogP contribution in [0.3, 0.4) is 0 Å². The average molecular weight is 263 g/mol. The molecule has 2 N–H and O–H groups in total. The van der Waals surface area contributed by atoms with E-state index in [0.717, 1.165) is 31.1 Å². The summed E-state index contributed by atoms with van der Waals surface area (Å²) in [7, 11) is 0. The predicted octanol–water partition coefficient (Wildman–Crippen LogP) is 3.13. The van der Waals surface area contributed by atoms with Crippen molar-refractivity contribution in [3.8, 4) is 0 Å². The van der Waals surface area contributed by atoms with E-state index in [1.165, 1.54) is 0 Å². The molecule has 1 aromatic heterocycles. The van der Waals surface area contributed by atoms with Gasteiger partial charge in [-0.2, -0.15) is 0 Å². The highest BCUT2D eigenvalue weighted by atomic mass is 16.5. The maximum absolute atomic E-state index is 5.76. The number of pyridine rings is 1. The van der Waals surface area contributed by atoms with Crippen LogP contribution < -0.4 is 10.6 Å². The minimum absolute atomic E-state index is 0.178. The van der Waals surface area contributed by atoms with Crippen molar-refractivity contribution in [3.63, 3.8) is 0 Å². The summed E-state index contributed by atoms with van der Waals surface area (Å²) >= 11 is 0. The lowest BCUT2D eigenvalue weighted by Gasteiger charge is -2.52. The van der Waals surface area contributed by atoms with Crippen LogP contribution >= 0.6 is 0 Å². The Morgan fingerprint density at radius 3 is 2.84 bits per heavy atom. The molecule has 0 spiro atoms. The summed E-state index contributed by atoms with van der Waals surface area (Å²) < 4.78 is 5.76. The fourth-order valence-corrected chi connectivity index (χ4v) is 2.61. The Labute approximate surface area is 116 Å². The highest BCUT2D eigenvalue weighted by molar-refractivity contribution is 5.53. The smallest absolute Gasteiger partial charge is 0.127 e. The number of hydrogen-bond acceptors (Lipinski definition) is 4. The summed E-state index contributed by atoms with van der Waals surface area (Å²) in [5.41, 5.74) is 1.30. The second kappa shape index (κ2) is 5.78. The Bertz CT molecular complexity index is 420. The fraction of sp³-hybridized carbons (Fsp3) is 0.667. The van der Waals surface area contributed by atoms with Crippen molar-refractivity contribution in [2.45, 2.75) is 46.3 Å². The van der Waals surface area contributed by atoms with Gasteiger partial charge in [0.05, 0.1) is 6.10 Å².